The number of H-pyrrole nitrogens is 1. The predicted molar refractivity (Wildman–Crippen MR) is 120 cm³/mol. The lowest BCUT2D eigenvalue weighted by molar-refractivity contribution is -0.116. The summed E-state index contributed by atoms with van der Waals surface area (Å²) in [5, 5.41) is 0. The molecule has 1 amide bonds. The number of carbonyl (C=O) groups is 1. The topological polar surface area (TPSA) is 101 Å². The van der Waals surface area contributed by atoms with Crippen LogP contribution in [0, 0.1) is 12.8 Å². The third-order valence-electron chi connectivity index (χ3n) is 4.51. The zero-order chi connectivity index (χ0) is 21.6. The van der Waals surface area contributed by atoms with Crippen LogP contribution in [0.5, 0.6) is 0 Å². The second-order valence-electron chi connectivity index (χ2n) is 7.45. The third-order valence-corrected chi connectivity index (χ3v) is 5.67. The Labute approximate surface area is 175 Å². The highest BCUT2D eigenvalue weighted by Crippen LogP contribution is 2.24. The predicted octanol–water partition coefficient (Wildman–Crippen LogP) is 3.01. The molecule has 0 saturated heterocycles. The smallest absolute Gasteiger partial charge is 0.330 e. The van der Waals surface area contributed by atoms with Crippen LogP contribution in [0.3, 0.4) is 0 Å². The van der Waals surface area contributed by atoms with Crippen LogP contribution in [0.4, 0.5) is 11.5 Å². The van der Waals surface area contributed by atoms with E-state index in [0.29, 0.717) is 13.1 Å². The van der Waals surface area contributed by atoms with Crippen molar-refractivity contribution in [2.45, 2.75) is 52.0 Å². The number of hydrogen-bond donors (Lipinski definition) is 2. The lowest BCUT2D eigenvalue weighted by atomic mass is 10.2. The van der Waals surface area contributed by atoms with Gasteiger partial charge in [0.05, 0.1) is 5.75 Å². The lowest BCUT2D eigenvalue weighted by Crippen LogP contribution is -2.42. The largest absolute Gasteiger partial charge is 0.383 e. The Kier molecular flexibility index (Phi) is 8.13. The fraction of sp³-hybridized carbons (Fsp3) is 0.476. The number of carbonyl (C=O) groups excluding carboxylic acids is 1. The normalized spacial score (nSPS) is 11.1. The first kappa shape index (κ1) is 22.8. The third kappa shape index (κ3) is 5.76. The van der Waals surface area contributed by atoms with Crippen LogP contribution in [0.1, 0.15) is 39.2 Å². The summed E-state index contributed by atoms with van der Waals surface area (Å²) in [7, 11) is 0. The molecule has 0 aliphatic heterocycles. The molecular formula is C21H30N4O3S. The van der Waals surface area contributed by atoms with Crippen molar-refractivity contribution in [1.29, 1.82) is 0 Å². The van der Waals surface area contributed by atoms with Gasteiger partial charge in [0.15, 0.2) is 5.69 Å². The summed E-state index contributed by atoms with van der Waals surface area (Å²) in [5.74, 6) is 0.165. The summed E-state index contributed by atoms with van der Waals surface area (Å²) in [5.41, 5.74) is 6.19. The molecule has 0 unspecified atom stereocenters. The van der Waals surface area contributed by atoms with Gasteiger partial charge in [-0.05, 0) is 30.9 Å². The van der Waals surface area contributed by atoms with Crippen LogP contribution in [-0.4, -0.2) is 27.8 Å². The van der Waals surface area contributed by atoms with E-state index in [4.69, 9.17) is 5.73 Å². The Morgan fingerprint density at radius 2 is 1.97 bits per heavy atom. The van der Waals surface area contributed by atoms with E-state index in [2.05, 4.69) is 4.98 Å². The average molecular weight is 419 g/mol. The monoisotopic (exact) mass is 418 g/mol. The Balaban J connectivity index is 2.38. The Hall–Kier alpha value is -2.48. The zero-order valence-corrected chi connectivity index (χ0v) is 18.3. The minimum atomic E-state index is -0.627. The Bertz CT molecular complexity index is 965. The van der Waals surface area contributed by atoms with Gasteiger partial charge >= 0.3 is 5.69 Å². The molecule has 1 aromatic heterocycles. The van der Waals surface area contributed by atoms with Crippen molar-refractivity contribution in [3.8, 4) is 0 Å². The van der Waals surface area contributed by atoms with E-state index in [9.17, 15) is 14.4 Å². The summed E-state index contributed by atoms with van der Waals surface area (Å²) in [6, 6.07) is 7.84. The maximum Gasteiger partial charge on any atom is 0.330 e. The molecule has 2 rings (SSSR count). The number of hydrogen-bond acceptors (Lipinski definition) is 5. The molecule has 0 spiro atoms. The SMILES string of the molecule is CCCCN(C(=O)CSc1ccccc1C)c1c(N)n(CC(C)C)c(=O)[nH]c1=O. The number of aromatic nitrogens is 2. The minimum Gasteiger partial charge on any atom is -0.383 e. The molecule has 0 aliphatic carbocycles. The molecule has 0 atom stereocenters. The van der Waals surface area contributed by atoms with Gasteiger partial charge in [-0.2, -0.15) is 0 Å². The number of nitrogens with zero attached hydrogens (tertiary/aromatic N) is 2. The fourth-order valence-corrected chi connectivity index (χ4v) is 3.90. The molecule has 2 aromatic rings. The molecular weight excluding hydrogens is 388 g/mol. The molecule has 0 aliphatic rings. The van der Waals surface area contributed by atoms with Gasteiger partial charge in [0, 0.05) is 18.0 Å². The molecule has 3 N–H and O–H groups in total. The number of rotatable bonds is 9. The van der Waals surface area contributed by atoms with E-state index in [1.54, 1.807) is 0 Å². The lowest BCUT2D eigenvalue weighted by Gasteiger charge is -2.25. The van der Waals surface area contributed by atoms with Gasteiger partial charge in [0.1, 0.15) is 5.82 Å². The summed E-state index contributed by atoms with van der Waals surface area (Å²) in [4.78, 5) is 42.6. The second kappa shape index (κ2) is 10.3. The number of nitrogens with two attached hydrogens (primary N) is 1. The highest BCUT2D eigenvalue weighted by molar-refractivity contribution is 8.00. The fourth-order valence-electron chi connectivity index (χ4n) is 3.00. The number of nitrogen functional groups attached to an aromatic ring is 1. The molecule has 158 valence electrons. The van der Waals surface area contributed by atoms with Crippen LogP contribution < -0.4 is 21.9 Å². The van der Waals surface area contributed by atoms with E-state index < -0.39 is 11.2 Å². The number of amides is 1. The molecule has 0 saturated carbocycles. The van der Waals surface area contributed by atoms with Gasteiger partial charge in [-0.3, -0.25) is 19.1 Å². The maximum atomic E-state index is 13.1. The van der Waals surface area contributed by atoms with E-state index >= 15 is 0 Å². The van der Waals surface area contributed by atoms with Crippen LogP contribution in [0.2, 0.25) is 0 Å². The summed E-state index contributed by atoms with van der Waals surface area (Å²) in [6.45, 7) is 8.65. The van der Waals surface area contributed by atoms with Crippen molar-refractivity contribution in [3.63, 3.8) is 0 Å². The molecule has 0 radical (unpaired) electrons. The van der Waals surface area contributed by atoms with Crippen LogP contribution in [0.25, 0.3) is 0 Å². The molecule has 1 heterocycles. The van der Waals surface area contributed by atoms with Gasteiger partial charge < -0.3 is 10.6 Å². The van der Waals surface area contributed by atoms with Crippen molar-refractivity contribution in [2.24, 2.45) is 5.92 Å². The Morgan fingerprint density at radius 1 is 1.28 bits per heavy atom. The number of unbranched alkanes of at least 4 members (excludes halogenated alkanes) is 1. The maximum absolute atomic E-state index is 13.1. The Morgan fingerprint density at radius 3 is 2.59 bits per heavy atom. The highest BCUT2D eigenvalue weighted by Gasteiger charge is 2.24. The van der Waals surface area contributed by atoms with Crippen LogP contribution in [0.15, 0.2) is 38.8 Å². The molecule has 0 fully saturated rings. The van der Waals surface area contributed by atoms with Crippen molar-refractivity contribution in [3.05, 3.63) is 50.7 Å². The molecule has 1 aromatic carbocycles. The number of anilines is 2. The van der Waals surface area contributed by atoms with Gasteiger partial charge in [-0.15, -0.1) is 11.8 Å². The molecule has 8 heteroatoms. The first-order chi connectivity index (χ1) is 13.8. The van der Waals surface area contributed by atoms with E-state index in [0.717, 1.165) is 23.3 Å². The number of aromatic amines is 1. The number of thioether (sulfide) groups is 1. The van der Waals surface area contributed by atoms with E-state index in [1.165, 1.54) is 21.2 Å². The van der Waals surface area contributed by atoms with Crippen molar-refractivity contribution < 1.29 is 4.79 Å². The quantitative estimate of drug-likeness (QED) is 0.610. The zero-order valence-electron chi connectivity index (χ0n) is 17.5. The number of nitrogens with one attached hydrogen (secondary N) is 1. The number of aryl methyl sites for hydroxylation is 1. The van der Waals surface area contributed by atoms with E-state index in [-0.39, 0.29) is 29.1 Å². The number of benzene rings is 1. The summed E-state index contributed by atoms with van der Waals surface area (Å²) < 4.78 is 1.34. The second-order valence-corrected chi connectivity index (χ2v) is 8.47. The first-order valence-electron chi connectivity index (χ1n) is 9.87. The van der Waals surface area contributed by atoms with Crippen LogP contribution in [-0.2, 0) is 11.3 Å². The summed E-state index contributed by atoms with van der Waals surface area (Å²) in [6.07, 6.45) is 1.58. The molecule has 0 bridgehead atoms. The van der Waals surface area contributed by atoms with Crippen molar-refractivity contribution >= 4 is 29.2 Å². The average Bonchev–Trinajstić information content (AvgIpc) is 2.66. The first-order valence-corrected chi connectivity index (χ1v) is 10.9. The van der Waals surface area contributed by atoms with Gasteiger partial charge in [-0.1, -0.05) is 45.4 Å². The summed E-state index contributed by atoms with van der Waals surface area (Å²) >= 11 is 1.43. The van der Waals surface area contributed by atoms with Gasteiger partial charge in [0.25, 0.3) is 5.56 Å². The van der Waals surface area contributed by atoms with E-state index in [1.807, 2.05) is 52.0 Å². The molecule has 29 heavy (non-hydrogen) atoms. The highest BCUT2D eigenvalue weighted by atomic mass is 32.2. The van der Waals surface area contributed by atoms with Crippen LogP contribution >= 0.6 is 11.8 Å². The molecule has 7 nitrogen and oxygen atoms in total. The van der Waals surface area contributed by atoms with Gasteiger partial charge in [-0.25, -0.2) is 4.79 Å². The van der Waals surface area contributed by atoms with Crippen molar-refractivity contribution in [2.75, 3.05) is 22.9 Å². The van der Waals surface area contributed by atoms with Crippen molar-refractivity contribution in [1.82, 2.24) is 9.55 Å². The van der Waals surface area contributed by atoms with Gasteiger partial charge in [0.2, 0.25) is 5.91 Å². The minimum absolute atomic E-state index is 0.0396. The standard InChI is InChI=1S/C21H30N4O3S/c1-5-6-11-24(17(26)13-29-16-10-8-7-9-15(16)4)18-19(22)25(12-14(2)3)21(28)23-20(18)27/h7-10,14H,5-6,11-13,22H2,1-4H3,(H,23,27,28).